The van der Waals surface area contributed by atoms with Crippen molar-refractivity contribution in [2.45, 2.75) is 11.3 Å². The van der Waals surface area contributed by atoms with Crippen LogP contribution < -0.4 is 16.6 Å². The second-order valence-corrected chi connectivity index (χ2v) is 5.50. The maximum atomic E-state index is 12.9. The fourth-order valence-electron chi connectivity index (χ4n) is 1.72. The molecule has 0 saturated heterocycles. The largest absolute Gasteiger partial charge is 0.419 e. The third kappa shape index (κ3) is 3.79. The number of thioether (sulfide) groups is 1. The molecule has 0 aromatic carbocycles. The molecule has 4 N–H and O–H groups in total. The van der Waals surface area contributed by atoms with Crippen LogP contribution in [-0.4, -0.2) is 27.1 Å². The molecule has 0 aliphatic rings. The molecule has 0 radical (unpaired) electrons. The Balaban J connectivity index is 2.54. The fraction of sp³-hybridized carbons (Fsp3) is 0.167. The minimum absolute atomic E-state index is 0.144. The van der Waals surface area contributed by atoms with Crippen LogP contribution in [0.15, 0.2) is 22.2 Å². The van der Waals surface area contributed by atoms with Gasteiger partial charge < -0.3 is 16.0 Å². The highest BCUT2D eigenvalue weighted by molar-refractivity contribution is 7.98. The van der Waals surface area contributed by atoms with Crippen molar-refractivity contribution in [3.8, 4) is 0 Å². The van der Waals surface area contributed by atoms with Crippen LogP contribution in [0.3, 0.4) is 0 Å². The van der Waals surface area contributed by atoms with E-state index in [-0.39, 0.29) is 16.7 Å². The summed E-state index contributed by atoms with van der Waals surface area (Å²) in [6, 6.07) is 0.682. The maximum Gasteiger partial charge on any atom is 0.419 e. The van der Waals surface area contributed by atoms with Gasteiger partial charge in [0.2, 0.25) is 0 Å². The highest BCUT2D eigenvalue weighted by atomic mass is 35.5. The molecule has 0 aliphatic carbocycles. The zero-order valence-electron chi connectivity index (χ0n) is 11.9. The van der Waals surface area contributed by atoms with Crippen LogP contribution in [0, 0.1) is 0 Å². The minimum Gasteiger partial charge on any atom is -0.365 e. The highest BCUT2D eigenvalue weighted by Gasteiger charge is 2.34. The standard InChI is InChI=1S/C12H9ClF3N5O2S/c1-24-11-20-9(6(8(17)22)10(23)21-11)19-4-2-5(12(14,15)16)7(13)18-3-4/h2-3H,1H3,(H2,17,22)(H2,19,20,21,23). The lowest BCUT2D eigenvalue weighted by atomic mass is 10.2. The maximum absolute atomic E-state index is 12.9. The Kier molecular flexibility index (Phi) is 5.04. The normalized spacial score (nSPS) is 11.4. The number of aromatic amines is 1. The van der Waals surface area contributed by atoms with E-state index >= 15 is 0 Å². The number of aromatic nitrogens is 3. The topological polar surface area (TPSA) is 114 Å². The molecule has 0 spiro atoms. The first-order valence-corrected chi connectivity index (χ1v) is 7.71. The molecule has 2 heterocycles. The number of pyridine rings is 1. The van der Waals surface area contributed by atoms with E-state index in [1.54, 1.807) is 6.26 Å². The van der Waals surface area contributed by atoms with E-state index in [0.29, 0.717) is 6.07 Å². The van der Waals surface area contributed by atoms with Crippen molar-refractivity contribution in [1.29, 1.82) is 0 Å². The summed E-state index contributed by atoms with van der Waals surface area (Å²) in [6.07, 6.45) is -2.11. The molecule has 2 aromatic rings. The smallest absolute Gasteiger partial charge is 0.365 e. The average molecular weight is 380 g/mol. The van der Waals surface area contributed by atoms with Crippen molar-refractivity contribution >= 4 is 40.8 Å². The van der Waals surface area contributed by atoms with Crippen molar-refractivity contribution in [1.82, 2.24) is 15.0 Å². The molecule has 12 heteroatoms. The van der Waals surface area contributed by atoms with E-state index in [4.69, 9.17) is 17.3 Å². The van der Waals surface area contributed by atoms with Crippen molar-refractivity contribution in [3.05, 3.63) is 38.9 Å². The molecule has 0 saturated carbocycles. The highest BCUT2D eigenvalue weighted by Crippen LogP contribution is 2.35. The number of nitrogens with two attached hydrogens (primary N) is 1. The van der Waals surface area contributed by atoms with Gasteiger partial charge in [0, 0.05) is 0 Å². The second kappa shape index (κ2) is 6.69. The molecule has 0 aliphatic heterocycles. The summed E-state index contributed by atoms with van der Waals surface area (Å²) in [5, 5.41) is 1.86. The van der Waals surface area contributed by atoms with E-state index in [2.05, 4.69) is 20.3 Å². The van der Waals surface area contributed by atoms with Crippen LogP contribution in [-0.2, 0) is 6.18 Å². The number of anilines is 2. The van der Waals surface area contributed by atoms with E-state index in [1.807, 2.05) is 0 Å². The summed E-state index contributed by atoms with van der Waals surface area (Å²) < 4.78 is 38.6. The number of halogens is 4. The van der Waals surface area contributed by atoms with Gasteiger partial charge in [0.15, 0.2) is 11.0 Å². The number of amides is 1. The Labute approximate surface area is 141 Å². The number of nitrogens with zero attached hydrogens (tertiary/aromatic N) is 2. The third-order valence-electron chi connectivity index (χ3n) is 2.74. The number of alkyl halides is 3. The van der Waals surface area contributed by atoms with E-state index in [1.165, 1.54) is 0 Å². The van der Waals surface area contributed by atoms with Crippen LogP contribution in [0.4, 0.5) is 24.7 Å². The van der Waals surface area contributed by atoms with Gasteiger partial charge in [-0.2, -0.15) is 13.2 Å². The lowest BCUT2D eigenvalue weighted by molar-refractivity contribution is -0.137. The predicted molar refractivity (Wildman–Crippen MR) is 82.7 cm³/mol. The molecule has 128 valence electrons. The lowest BCUT2D eigenvalue weighted by Crippen LogP contribution is -2.26. The van der Waals surface area contributed by atoms with Crippen molar-refractivity contribution < 1.29 is 18.0 Å². The Morgan fingerprint density at radius 3 is 2.67 bits per heavy atom. The number of carbonyl (C=O) groups is 1. The van der Waals surface area contributed by atoms with Gasteiger partial charge in [-0.05, 0) is 12.3 Å². The quantitative estimate of drug-likeness (QED) is 0.427. The summed E-state index contributed by atoms with van der Waals surface area (Å²) in [5.74, 6) is -1.37. The van der Waals surface area contributed by atoms with Crippen LogP contribution in [0.2, 0.25) is 5.15 Å². The summed E-state index contributed by atoms with van der Waals surface area (Å²) in [5.41, 5.74) is 2.44. The number of carbonyl (C=O) groups excluding carboxylic acids is 1. The van der Waals surface area contributed by atoms with E-state index in [0.717, 1.165) is 18.0 Å². The zero-order valence-corrected chi connectivity index (χ0v) is 13.4. The molecule has 2 rings (SSSR count). The molecular weight excluding hydrogens is 371 g/mol. The predicted octanol–water partition coefficient (Wildman–Crippen LogP) is 2.40. The summed E-state index contributed by atoms with van der Waals surface area (Å²) in [4.78, 5) is 33.0. The van der Waals surface area contributed by atoms with E-state index in [9.17, 15) is 22.8 Å². The van der Waals surface area contributed by atoms with Crippen LogP contribution in [0.1, 0.15) is 15.9 Å². The average Bonchev–Trinajstić information content (AvgIpc) is 2.47. The molecule has 0 bridgehead atoms. The summed E-state index contributed by atoms with van der Waals surface area (Å²) >= 11 is 6.49. The molecule has 7 nitrogen and oxygen atoms in total. The zero-order chi connectivity index (χ0) is 18.1. The number of hydrogen-bond acceptors (Lipinski definition) is 6. The lowest BCUT2D eigenvalue weighted by Gasteiger charge is -2.13. The molecule has 2 aromatic heterocycles. The molecule has 0 fully saturated rings. The number of hydrogen-bond donors (Lipinski definition) is 3. The van der Waals surface area contributed by atoms with Crippen molar-refractivity contribution in [2.24, 2.45) is 5.73 Å². The summed E-state index contributed by atoms with van der Waals surface area (Å²) in [6.45, 7) is 0. The fourth-order valence-corrected chi connectivity index (χ4v) is 2.31. The molecule has 0 unspecified atom stereocenters. The molecule has 24 heavy (non-hydrogen) atoms. The van der Waals surface area contributed by atoms with Gasteiger partial charge in [0.25, 0.3) is 11.5 Å². The Bertz CT molecular complexity index is 856. The Morgan fingerprint density at radius 1 is 1.46 bits per heavy atom. The number of H-pyrrole nitrogens is 1. The van der Waals surface area contributed by atoms with Gasteiger partial charge in [0.05, 0.1) is 17.4 Å². The SMILES string of the molecule is CSc1nc(Nc2cnc(Cl)c(C(F)(F)F)c2)c(C(N)=O)c(=O)[nH]1. The first-order valence-electron chi connectivity index (χ1n) is 6.11. The minimum atomic E-state index is -4.72. The number of nitrogens with one attached hydrogen (secondary N) is 2. The number of primary amides is 1. The first kappa shape index (κ1) is 18.1. The van der Waals surface area contributed by atoms with Crippen molar-refractivity contribution in [3.63, 3.8) is 0 Å². The van der Waals surface area contributed by atoms with Crippen LogP contribution in [0.5, 0.6) is 0 Å². The van der Waals surface area contributed by atoms with Gasteiger partial charge in [-0.15, -0.1) is 0 Å². The molecular formula is C12H9ClF3N5O2S. The monoisotopic (exact) mass is 379 g/mol. The second-order valence-electron chi connectivity index (χ2n) is 4.35. The molecule has 1 amide bonds. The Morgan fingerprint density at radius 2 is 2.12 bits per heavy atom. The van der Waals surface area contributed by atoms with Gasteiger partial charge in [0.1, 0.15) is 10.7 Å². The van der Waals surface area contributed by atoms with Crippen LogP contribution >= 0.6 is 23.4 Å². The Hall–Kier alpha value is -2.27. The van der Waals surface area contributed by atoms with E-state index < -0.39 is 33.9 Å². The first-order chi connectivity index (χ1) is 11.1. The molecule has 0 atom stereocenters. The number of rotatable bonds is 4. The van der Waals surface area contributed by atoms with Gasteiger partial charge >= 0.3 is 6.18 Å². The van der Waals surface area contributed by atoms with Gasteiger partial charge in [-0.1, -0.05) is 23.4 Å². The summed E-state index contributed by atoms with van der Waals surface area (Å²) in [7, 11) is 0. The van der Waals surface area contributed by atoms with Crippen LogP contribution in [0.25, 0.3) is 0 Å². The third-order valence-corrected chi connectivity index (χ3v) is 3.63. The van der Waals surface area contributed by atoms with Gasteiger partial charge in [-0.25, -0.2) is 9.97 Å². The van der Waals surface area contributed by atoms with Gasteiger partial charge in [-0.3, -0.25) is 9.59 Å². The van der Waals surface area contributed by atoms with Crippen molar-refractivity contribution in [2.75, 3.05) is 11.6 Å².